The number of halogens is 1. The van der Waals surface area contributed by atoms with Gasteiger partial charge in [0.2, 0.25) is 0 Å². The first-order valence-corrected chi connectivity index (χ1v) is 9.19. The lowest BCUT2D eigenvalue weighted by Gasteiger charge is -2.12. The third-order valence-electron chi connectivity index (χ3n) is 4.12. The van der Waals surface area contributed by atoms with Gasteiger partial charge in [-0.1, -0.05) is 88.7 Å². The first-order valence-electron chi connectivity index (χ1n) is 8.40. The van der Waals surface area contributed by atoms with E-state index in [-0.39, 0.29) is 0 Å². The lowest BCUT2D eigenvalue weighted by molar-refractivity contribution is 0.457. The van der Waals surface area contributed by atoms with Crippen molar-refractivity contribution < 1.29 is 0 Å². The molecule has 0 atom stereocenters. The maximum absolute atomic E-state index is 3.49. The first-order chi connectivity index (χ1) is 12.1. The zero-order valence-electron chi connectivity index (χ0n) is 14.6. The predicted octanol–water partition coefficient (Wildman–Crippen LogP) is 6.11. The minimum atomic E-state index is 0.915. The molecule has 0 N–H and O–H groups in total. The van der Waals surface area contributed by atoms with Crippen molar-refractivity contribution in [1.29, 1.82) is 0 Å². The van der Waals surface area contributed by atoms with Crippen molar-refractivity contribution >= 4 is 21.5 Å². The second-order valence-electron chi connectivity index (χ2n) is 6.33. The van der Waals surface area contributed by atoms with Crippen molar-refractivity contribution in [3.63, 3.8) is 0 Å². The van der Waals surface area contributed by atoms with Crippen molar-refractivity contribution in [2.45, 2.75) is 0 Å². The largest absolute Gasteiger partial charge is 0.306 e. The van der Waals surface area contributed by atoms with Crippen LogP contribution in [0.5, 0.6) is 0 Å². The van der Waals surface area contributed by atoms with Gasteiger partial charge in [-0.2, -0.15) is 0 Å². The molecular formula is C23H22BrN. The molecule has 3 rings (SSSR count). The van der Waals surface area contributed by atoms with Crippen LogP contribution in [0.3, 0.4) is 0 Å². The van der Waals surface area contributed by atoms with Crippen molar-refractivity contribution in [2.75, 3.05) is 20.6 Å². The van der Waals surface area contributed by atoms with Crippen LogP contribution in [0, 0.1) is 0 Å². The summed E-state index contributed by atoms with van der Waals surface area (Å²) in [5.74, 6) is 0. The van der Waals surface area contributed by atoms with Crippen LogP contribution in [0.1, 0.15) is 11.1 Å². The zero-order valence-corrected chi connectivity index (χ0v) is 16.2. The average molecular weight is 392 g/mol. The Morgan fingerprint density at radius 2 is 1.28 bits per heavy atom. The van der Waals surface area contributed by atoms with Gasteiger partial charge in [-0.05, 0) is 54.1 Å². The molecule has 0 aromatic heterocycles. The third kappa shape index (κ3) is 4.68. The summed E-state index contributed by atoms with van der Waals surface area (Å²) in [6.45, 7) is 0.915. The van der Waals surface area contributed by atoms with Crippen LogP contribution in [0.25, 0.3) is 16.7 Å². The Labute approximate surface area is 158 Å². The Kier molecular flexibility index (Phi) is 5.85. The van der Waals surface area contributed by atoms with E-state index in [0.29, 0.717) is 0 Å². The molecule has 0 saturated carbocycles. The Hall–Kier alpha value is -2.16. The molecule has 0 amide bonds. The number of hydrogen-bond donors (Lipinski definition) is 0. The minimum absolute atomic E-state index is 0.915. The molecule has 0 spiro atoms. The topological polar surface area (TPSA) is 3.24 Å². The molecule has 0 aliphatic heterocycles. The molecule has 3 aromatic carbocycles. The first kappa shape index (κ1) is 17.7. The number of likely N-dealkylation sites (N-methyl/N-ethyl adjacent to an activating group) is 1. The van der Waals surface area contributed by atoms with E-state index in [4.69, 9.17) is 0 Å². The van der Waals surface area contributed by atoms with Crippen molar-refractivity contribution in [3.8, 4) is 11.1 Å². The van der Waals surface area contributed by atoms with Crippen LogP contribution in [0.4, 0.5) is 0 Å². The number of rotatable bonds is 5. The van der Waals surface area contributed by atoms with Gasteiger partial charge in [-0.3, -0.25) is 0 Å². The van der Waals surface area contributed by atoms with Gasteiger partial charge in [-0.15, -0.1) is 0 Å². The molecule has 0 saturated heterocycles. The fourth-order valence-electron chi connectivity index (χ4n) is 2.78. The highest BCUT2D eigenvalue weighted by atomic mass is 79.9. The van der Waals surface area contributed by atoms with E-state index in [1.54, 1.807) is 0 Å². The summed E-state index contributed by atoms with van der Waals surface area (Å²) >= 11 is 3.49. The summed E-state index contributed by atoms with van der Waals surface area (Å²) in [7, 11) is 4.19. The second-order valence-corrected chi connectivity index (χ2v) is 7.25. The van der Waals surface area contributed by atoms with Crippen LogP contribution in [0.15, 0.2) is 89.4 Å². The summed E-state index contributed by atoms with van der Waals surface area (Å²) < 4.78 is 1.10. The molecule has 0 aliphatic carbocycles. The standard InChI is InChI=1S/C23H22BrN/c1-25(2)17-16-23(20-6-4-3-5-7-20)21-10-8-18(9-11-21)19-12-14-22(24)15-13-19/h3-16H,17H2,1-2H3. The van der Waals surface area contributed by atoms with Gasteiger partial charge >= 0.3 is 0 Å². The Morgan fingerprint density at radius 3 is 1.84 bits per heavy atom. The average Bonchev–Trinajstić information content (AvgIpc) is 2.64. The quantitative estimate of drug-likeness (QED) is 0.506. The molecule has 0 aliphatic rings. The van der Waals surface area contributed by atoms with Gasteiger partial charge in [0.15, 0.2) is 0 Å². The minimum Gasteiger partial charge on any atom is -0.306 e. The fourth-order valence-corrected chi connectivity index (χ4v) is 3.04. The number of nitrogens with zero attached hydrogens (tertiary/aromatic N) is 1. The van der Waals surface area contributed by atoms with Gasteiger partial charge in [0.05, 0.1) is 0 Å². The molecule has 0 unspecified atom stereocenters. The van der Waals surface area contributed by atoms with E-state index >= 15 is 0 Å². The fraction of sp³-hybridized carbons (Fsp3) is 0.130. The van der Waals surface area contributed by atoms with E-state index in [9.17, 15) is 0 Å². The van der Waals surface area contributed by atoms with Crippen molar-refractivity contribution in [2.24, 2.45) is 0 Å². The Balaban J connectivity index is 1.94. The van der Waals surface area contributed by atoms with Gasteiger partial charge in [0.1, 0.15) is 0 Å². The molecule has 0 radical (unpaired) electrons. The summed E-state index contributed by atoms with van der Waals surface area (Å²) in [6, 6.07) is 27.8. The SMILES string of the molecule is CN(C)CC=C(c1ccccc1)c1ccc(-c2ccc(Br)cc2)cc1. The molecule has 25 heavy (non-hydrogen) atoms. The highest BCUT2D eigenvalue weighted by molar-refractivity contribution is 9.10. The van der Waals surface area contributed by atoms with Crippen molar-refractivity contribution in [3.05, 3.63) is 101 Å². The summed E-state index contributed by atoms with van der Waals surface area (Å²) in [5, 5.41) is 0. The van der Waals surface area contributed by atoms with Gasteiger partial charge in [0.25, 0.3) is 0 Å². The molecule has 126 valence electrons. The molecule has 1 nitrogen and oxygen atoms in total. The molecule has 0 fully saturated rings. The summed E-state index contributed by atoms with van der Waals surface area (Å²) in [4.78, 5) is 2.18. The van der Waals surface area contributed by atoms with Crippen LogP contribution < -0.4 is 0 Å². The van der Waals surface area contributed by atoms with Gasteiger partial charge in [-0.25, -0.2) is 0 Å². The summed E-state index contributed by atoms with van der Waals surface area (Å²) in [5.41, 5.74) is 6.23. The van der Waals surface area contributed by atoms with Gasteiger partial charge < -0.3 is 4.90 Å². The van der Waals surface area contributed by atoms with E-state index in [1.165, 1.54) is 27.8 Å². The highest BCUT2D eigenvalue weighted by Gasteiger charge is 2.06. The highest BCUT2D eigenvalue weighted by Crippen LogP contribution is 2.27. The van der Waals surface area contributed by atoms with Gasteiger partial charge in [0, 0.05) is 11.0 Å². The Bertz CT molecular complexity index is 832. The maximum atomic E-state index is 3.49. The predicted molar refractivity (Wildman–Crippen MR) is 112 cm³/mol. The number of hydrogen-bond acceptors (Lipinski definition) is 1. The smallest absolute Gasteiger partial charge is 0.0175 e. The Morgan fingerprint density at radius 1 is 0.760 bits per heavy atom. The second kappa shape index (κ2) is 8.28. The van der Waals surface area contributed by atoms with E-state index in [2.05, 4.69) is 120 Å². The third-order valence-corrected chi connectivity index (χ3v) is 4.65. The van der Waals surface area contributed by atoms with Crippen molar-refractivity contribution in [1.82, 2.24) is 4.90 Å². The lowest BCUT2D eigenvalue weighted by Crippen LogP contribution is -2.11. The molecule has 2 heteroatoms. The number of benzene rings is 3. The summed E-state index contributed by atoms with van der Waals surface area (Å²) in [6.07, 6.45) is 2.30. The normalized spacial score (nSPS) is 11.8. The van der Waals surface area contributed by atoms with E-state index in [1.807, 2.05) is 0 Å². The van der Waals surface area contributed by atoms with Crippen LogP contribution in [0.2, 0.25) is 0 Å². The molecule has 3 aromatic rings. The van der Waals surface area contributed by atoms with Crippen LogP contribution in [-0.2, 0) is 0 Å². The molecule has 0 bridgehead atoms. The van der Waals surface area contributed by atoms with E-state index in [0.717, 1.165) is 11.0 Å². The van der Waals surface area contributed by atoms with E-state index < -0.39 is 0 Å². The lowest BCUT2D eigenvalue weighted by atomic mass is 9.95. The molecule has 0 heterocycles. The monoisotopic (exact) mass is 391 g/mol. The van der Waals surface area contributed by atoms with Crippen LogP contribution >= 0.6 is 15.9 Å². The zero-order chi connectivity index (χ0) is 17.6. The molecular weight excluding hydrogens is 370 g/mol. The van der Waals surface area contributed by atoms with Crippen LogP contribution in [-0.4, -0.2) is 25.5 Å². The maximum Gasteiger partial charge on any atom is 0.0175 e.